The van der Waals surface area contributed by atoms with Crippen LogP contribution >= 0.6 is 0 Å². The first-order chi connectivity index (χ1) is 8.77. The van der Waals surface area contributed by atoms with Crippen molar-refractivity contribution >= 4 is 0 Å². The predicted molar refractivity (Wildman–Crippen MR) is 68.5 cm³/mol. The summed E-state index contributed by atoms with van der Waals surface area (Å²) in [5.74, 6) is 0.587. The van der Waals surface area contributed by atoms with Crippen molar-refractivity contribution in [3.8, 4) is 5.75 Å². The number of hydrogen-bond acceptors (Lipinski definition) is 4. The lowest BCUT2D eigenvalue weighted by molar-refractivity contribution is 0.208. The van der Waals surface area contributed by atoms with Gasteiger partial charge < -0.3 is 9.84 Å². The predicted octanol–water partition coefficient (Wildman–Crippen LogP) is 2.13. The molecule has 18 heavy (non-hydrogen) atoms. The van der Waals surface area contributed by atoms with Crippen LogP contribution in [0.4, 0.5) is 0 Å². The quantitative estimate of drug-likeness (QED) is 0.895. The summed E-state index contributed by atoms with van der Waals surface area (Å²) in [7, 11) is 1.57. The topological polar surface area (TPSA) is 55.2 Å². The van der Waals surface area contributed by atoms with Crippen LogP contribution in [0.1, 0.15) is 29.8 Å². The molecule has 0 aliphatic rings. The Balaban J connectivity index is 2.44. The summed E-state index contributed by atoms with van der Waals surface area (Å²) in [5.41, 5.74) is 2.36. The fourth-order valence-corrected chi connectivity index (χ4v) is 1.93. The molecule has 0 fully saturated rings. The molecule has 0 amide bonds. The Morgan fingerprint density at radius 3 is 2.89 bits per heavy atom. The molecule has 4 nitrogen and oxygen atoms in total. The third kappa shape index (κ3) is 2.33. The van der Waals surface area contributed by atoms with Gasteiger partial charge in [-0.1, -0.05) is 6.92 Å². The number of aliphatic hydroxyl groups is 1. The molecule has 0 bridgehead atoms. The van der Waals surface area contributed by atoms with Gasteiger partial charge in [0.15, 0.2) is 0 Å². The van der Waals surface area contributed by atoms with E-state index < -0.39 is 6.10 Å². The average Bonchev–Trinajstić information content (AvgIpc) is 2.46. The van der Waals surface area contributed by atoms with E-state index in [0.29, 0.717) is 11.4 Å². The first kappa shape index (κ1) is 12.5. The minimum Gasteiger partial charge on any atom is -0.495 e. The Labute approximate surface area is 106 Å². The smallest absolute Gasteiger partial charge is 0.143 e. The Morgan fingerprint density at radius 1 is 1.33 bits per heavy atom. The highest BCUT2D eigenvalue weighted by Crippen LogP contribution is 2.29. The second kappa shape index (κ2) is 5.60. The van der Waals surface area contributed by atoms with Gasteiger partial charge >= 0.3 is 0 Å². The Morgan fingerprint density at radius 2 is 2.17 bits per heavy atom. The molecule has 2 aromatic heterocycles. The van der Waals surface area contributed by atoms with Crippen molar-refractivity contribution in [1.82, 2.24) is 9.97 Å². The molecule has 0 aliphatic carbocycles. The summed E-state index contributed by atoms with van der Waals surface area (Å²) in [6.45, 7) is 2.03. The first-order valence-corrected chi connectivity index (χ1v) is 5.87. The number of aliphatic hydroxyl groups excluding tert-OH is 1. The molecule has 0 spiro atoms. The van der Waals surface area contributed by atoms with Crippen LogP contribution in [0, 0.1) is 0 Å². The van der Waals surface area contributed by atoms with Crippen LogP contribution in [0.15, 0.2) is 36.8 Å². The lowest BCUT2D eigenvalue weighted by Crippen LogP contribution is -2.07. The third-order valence-corrected chi connectivity index (χ3v) is 2.90. The molecular weight excluding hydrogens is 228 g/mol. The Bertz CT molecular complexity index is 481. The van der Waals surface area contributed by atoms with Crippen molar-refractivity contribution in [1.29, 1.82) is 0 Å². The molecule has 4 heteroatoms. The van der Waals surface area contributed by atoms with E-state index in [2.05, 4.69) is 9.97 Å². The van der Waals surface area contributed by atoms with Gasteiger partial charge in [-0.2, -0.15) is 0 Å². The zero-order chi connectivity index (χ0) is 13.0. The number of rotatable bonds is 4. The molecule has 94 valence electrons. The molecule has 2 rings (SSSR count). The number of nitrogens with zero attached hydrogens (tertiary/aromatic N) is 2. The fourth-order valence-electron chi connectivity index (χ4n) is 1.93. The number of aryl methyl sites for hydroxylation is 1. The second-order valence-corrected chi connectivity index (χ2v) is 3.92. The zero-order valence-corrected chi connectivity index (χ0v) is 10.5. The maximum Gasteiger partial charge on any atom is 0.143 e. The minimum atomic E-state index is -0.793. The van der Waals surface area contributed by atoms with Gasteiger partial charge in [0.25, 0.3) is 0 Å². The van der Waals surface area contributed by atoms with E-state index in [0.717, 1.165) is 17.5 Å². The SMILES string of the molecule is CCc1cnccc1C(O)c1ncccc1OC. The second-order valence-electron chi connectivity index (χ2n) is 3.92. The van der Waals surface area contributed by atoms with Gasteiger partial charge in [-0.3, -0.25) is 9.97 Å². The number of pyridine rings is 2. The van der Waals surface area contributed by atoms with Crippen LogP contribution in [0.5, 0.6) is 5.75 Å². The lowest BCUT2D eigenvalue weighted by atomic mass is 10.00. The van der Waals surface area contributed by atoms with Gasteiger partial charge in [-0.15, -0.1) is 0 Å². The molecule has 2 aromatic rings. The van der Waals surface area contributed by atoms with Crippen molar-refractivity contribution in [3.63, 3.8) is 0 Å². The van der Waals surface area contributed by atoms with E-state index in [-0.39, 0.29) is 0 Å². The van der Waals surface area contributed by atoms with E-state index >= 15 is 0 Å². The molecule has 0 radical (unpaired) electrons. The van der Waals surface area contributed by atoms with Gasteiger partial charge in [0.1, 0.15) is 17.5 Å². The molecule has 1 N–H and O–H groups in total. The Hall–Kier alpha value is -1.94. The molecule has 1 atom stereocenters. The lowest BCUT2D eigenvalue weighted by Gasteiger charge is -2.16. The molecule has 0 aromatic carbocycles. The van der Waals surface area contributed by atoms with Crippen LogP contribution in [-0.4, -0.2) is 22.2 Å². The maximum absolute atomic E-state index is 10.4. The number of ether oxygens (including phenoxy) is 1. The van der Waals surface area contributed by atoms with Gasteiger partial charge in [0, 0.05) is 18.6 Å². The highest BCUT2D eigenvalue weighted by atomic mass is 16.5. The highest BCUT2D eigenvalue weighted by molar-refractivity contribution is 5.37. The summed E-state index contributed by atoms with van der Waals surface area (Å²) in [4.78, 5) is 8.28. The number of aromatic nitrogens is 2. The minimum absolute atomic E-state index is 0.529. The highest BCUT2D eigenvalue weighted by Gasteiger charge is 2.18. The van der Waals surface area contributed by atoms with Gasteiger partial charge in [0.05, 0.1) is 7.11 Å². The first-order valence-electron chi connectivity index (χ1n) is 5.87. The van der Waals surface area contributed by atoms with E-state index in [9.17, 15) is 5.11 Å². The number of methoxy groups -OCH3 is 1. The largest absolute Gasteiger partial charge is 0.495 e. The summed E-state index contributed by atoms with van der Waals surface area (Å²) >= 11 is 0. The molecule has 0 aliphatic heterocycles. The molecule has 1 unspecified atom stereocenters. The number of hydrogen-bond donors (Lipinski definition) is 1. The third-order valence-electron chi connectivity index (χ3n) is 2.90. The van der Waals surface area contributed by atoms with Crippen LogP contribution < -0.4 is 4.74 Å². The zero-order valence-electron chi connectivity index (χ0n) is 10.5. The monoisotopic (exact) mass is 244 g/mol. The molecular formula is C14H16N2O2. The molecule has 0 saturated heterocycles. The van der Waals surface area contributed by atoms with E-state index in [1.807, 2.05) is 13.0 Å². The van der Waals surface area contributed by atoms with Gasteiger partial charge in [0.2, 0.25) is 0 Å². The average molecular weight is 244 g/mol. The molecule has 0 saturated carbocycles. The summed E-state index contributed by atoms with van der Waals surface area (Å²) in [6.07, 6.45) is 5.11. The van der Waals surface area contributed by atoms with E-state index in [1.165, 1.54) is 0 Å². The summed E-state index contributed by atoms with van der Waals surface area (Å²) < 4.78 is 5.22. The summed E-state index contributed by atoms with van der Waals surface area (Å²) in [6, 6.07) is 5.39. The standard InChI is InChI=1S/C14H16N2O2/c1-3-10-9-15-8-6-11(10)14(17)13-12(18-2)5-4-7-16-13/h4-9,14,17H,3H2,1-2H3. The maximum atomic E-state index is 10.4. The molecule has 2 heterocycles. The normalized spacial score (nSPS) is 12.2. The van der Waals surface area contributed by atoms with Gasteiger partial charge in [-0.25, -0.2) is 0 Å². The van der Waals surface area contributed by atoms with Crippen molar-refractivity contribution in [2.45, 2.75) is 19.4 Å². The van der Waals surface area contributed by atoms with Crippen LogP contribution in [-0.2, 0) is 6.42 Å². The van der Waals surface area contributed by atoms with E-state index in [1.54, 1.807) is 37.8 Å². The van der Waals surface area contributed by atoms with Crippen molar-refractivity contribution in [2.75, 3.05) is 7.11 Å². The van der Waals surface area contributed by atoms with E-state index in [4.69, 9.17) is 4.74 Å². The van der Waals surface area contributed by atoms with Crippen molar-refractivity contribution in [2.24, 2.45) is 0 Å². The van der Waals surface area contributed by atoms with Crippen LogP contribution in [0.2, 0.25) is 0 Å². The van der Waals surface area contributed by atoms with Crippen LogP contribution in [0.25, 0.3) is 0 Å². The van der Waals surface area contributed by atoms with Crippen molar-refractivity contribution < 1.29 is 9.84 Å². The van der Waals surface area contributed by atoms with Crippen molar-refractivity contribution in [3.05, 3.63) is 53.6 Å². The van der Waals surface area contributed by atoms with Gasteiger partial charge in [-0.05, 0) is 35.7 Å². The summed E-state index contributed by atoms with van der Waals surface area (Å²) in [5, 5.41) is 10.4. The van der Waals surface area contributed by atoms with Crippen LogP contribution in [0.3, 0.4) is 0 Å². The Kier molecular flexibility index (Phi) is 3.89. The fraction of sp³-hybridized carbons (Fsp3) is 0.286.